The molecule has 2 aromatic carbocycles. The highest BCUT2D eigenvalue weighted by Gasteiger charge is 2.18. The van der Waals surface area contributed by atoms with Crippen LogP contribution in [0, 0.1) is 0 Å². The number of para-hydroxylation sites is 1. The summed E-state index contributed by atoms with van der Waals surface area (Å²) in [6.45, 7) is 2.57. The standard InChI is InChI=1S/C23H29N5O2.ClH/c1-27(2)13-11-24-22(29)17-9-10-18(23(30)25-12-14-28(3)4)21-19(17)15-16-7-5-6-8-20(16)26-21;/h5-10,15H,11-14H2,1-4H3,(H,24,29)(H,25,30);1H. The molecule has 0 radical (unpaired) electrons. The first-order chi connectivity index (χ1) is 14.4. The molecule has 2 N–H and O–H groups in total. The molecule has 0 aliphatic rings. The van der Waals surface area contributed by atoms with Gasteiger partial charge in [-0.1, -0.05) is 18.2 Å². The van der Waals surface area contributed by atoms with Gasteiger partial charge in [-0.15, -0.1) is 12.4 Å². The minimum Gasteiger partial charge on any atom is -0.351 e. The molecule has 0 saturated heterocycles. The number of pyridine rings is 1. The van der Waals surface area contributed by atoms with Crippen molar-refractivity contribution in [3.63, 3.8) is 0 Å². The van der Waals surface area contributed by atoms with Crippen LogP contribution in [0.25, 0.3) is 21.8 Å². The van der Waals surface area contributed by atoms with Crippen LogP contribution in [0.5, 0.6) is 0 Å². The van der Waals surface area contributed by atoms with E-state index >= 15 is 0 Å². The lowest BCUT2D eigenvalue weighted by molar-refractivity contribution is 0.0941. The van der Waals surface area contributed by atoms with Crippen LogP contribution in [0.3, 0.4) is 0 Å². The van der Waals surface area contributed by atoms with Gasteiger partial charge >= 0.3 is 0 Å². The lowest BCUT2D eigenvalue weighted by Crippen LogP contribution is -2.32. The number of likely N-dealkylation sites (N-methyl/N-ethyl adjacent to an activating group) is 2. The first-order valence-electron chi connectivity index (χ1n) is 10.0. The summed E-state index contributed by atoms with van der Waals surface area (Å²) in [5, 5.41) is 7.50. The minimum atomic E-state index is -0.191. The number of carbonyl (C=O) groups excluding carboxylic acids is 2. The molecule has 0 saturated carbocycles. The van der Waals surface area contributed by atoms with E-state index in [9.17, 15) is 9.59 Å². The molecule has 0 bridgehead atoms. The average molecular weight is 444 g/mol. The van der Waals surface area contributed by atoms with Crippen LogP contribution in [0.1, 0.15) is 20.7 Å². The molecule has 166 valence electrons. The number of hydrogen-bond acceptors (Lipinski definition) is 5. The van der Waals surface area contributed by atoms with E-state index in [1.54, 1.807) is 12.1 Å². The normalized spacial score (nSPS) is 11.0. The molecule has 1 aromatic heterocycles. The van der Waals surface area contributed by atoms with E-state index in [0.717, 1.165) is 24.0 Å². The molecule has 3 rings (SSSR count). The Morgan fingerprint density at radius 1 is 0.839 bits per heavy atom. The van der Waals surface area contributed by atoms with Gasteiger partial charge in [-0.25, -0.2) is 4.98 Å². The number of aromatic nitrogens is 1. The van der Waals surface area contributed by atoms with E-state index in [2.05, 4.69) is 10.6 Å². The lowest BCUT2D eigenvalue weighted by Gasteiger charge is -2.14. The highest BCUT2D eigenvalue weighted by Crippen LogP contribution is 2.26. The number of amides is 2. The zero-order valence-corrected chi connectivity index (χ0v) is 19.3. The van der Waals surface area contributed by atoms with Crippen LogP contribution in [0.15, 0.2) is 42.5 Å². The Hall–Kier alpha value is -2.74. The van der Waals surface area contributed by atoms with Gasteiger partial charge in [0.1, 0.15) is 0 Å². The van der Waals surface area contributed by atoms with E-state index in [0.29, 0.717) is 35.1 Å². The summed E-state index contributed by atoms with van der Waals surface area (Å²) >= 11 is 0. The SMILES string of the molecule is CN(C)CCNC(=O)c1ccc(C(=O)NCCN(C)C)c2nc3ccccc3cc12.Cl. The fourth-order valence-electron chi connectivity index (χ4n) is 3.22. The van der Waals surface area contributed by atoms with Crippen LogP contribution in [0.2, 0.25) is 0 Å². The molecule has 3 aromatic rings. The molecule has 0 aliphatic heterocycles. The van der Waals surface area contributed by atoms with Crippen LogP contribution >= 0.6 is 12.4 Å². The third-order valence-corrected chi connectivity index (χ3v) is 4.86. The Bertz CT molecular complexity index is 984. The molecule has 2 amide bonds. The molecule has 8 heteroatoms. The van der Waals surface area contributed by atoms with E-state index in [-0.39, 0.29) is 24.2 Å². The van der Waals surface area contributed by atoms with Crippen molar-refractivity contribution in [3.05, 3.63) is 53.6 Å². The minimum absolute atomic E-state index is 0. The monoisotopic (exact) mass is 443 g/mol. The summed E-state index contributed by atoms with van der Waals surface area (Å²) in [6, 6.07) is 13.1. The molecule has 7 nitrogen and oxygen atoms in total. The number of hydrogen-bond donors (Lipinski definition) is 2. The highest BCUT2D eigenvalue weighted by molar-refractivity contribution is 6.14. The average Bonchev–Trinajstić information content (AvgIpc) is 2.70. The van der Waals surface area contributed by atoms with E-state index in [4.69, 9.17) is 4.98 Å². The fraction of sp³-hybridized carbons (Fsp3) is 0.348. The van der Waals surface area contributed by atoms with Gasteiger partial charge in [-0.2, -0.15) is 0 Å². The second-order valence-corrected chi connectivity index (χ2v) is 7.86. The Balaban J connectivity index is 0.00000341. The zero-order valence-electron chi connectivity index (χ0n) is 18.4. The van der Waals surface area contributed by atoms with Gasteiger partial charge in [-0.3, -0.25) is 9.59 Å². The van der Waals surface area contributed by atoms with Crippen LogP contribution in [-0.2, 0) is 0 Å². The molecule has 1 heterocycles. The van der Waals surface area contributed by atoms with Gasteiger partial charge in [-0.05, 0) is 52.5 Å². The van der Waals surface area contributed by atoms with Gasteiger partial charge in [0.2, 0.25) is 0 Å². The van der Waals surface area contributed by atoms with Gasteiger partial charge in [0.05, 0.1) is 16.6 Å². The number of benzene rings is 2. The molecular formula is C23H30ClN5O2. The summed E-state index contributed by atoms with van der Waals surface area (Å²) in [7, 11) is 7.83. The number of nitrogens with zero attached hydrogens (tertiary/aromatic N) is 3. The Morgan fingerprint density at radius 3 is 2.00 bits per heavy atom. The third kappa shape index (κ3) is 6.13. The molecule has 0 fully saturated rings. The molecule has 0 aliphatic carbocycles. The molecule has 0 atom stereocenters. The van der Waals surface area contributed by atoms with Crippen molar-refractivity contribution in [1.82, 2.24) is 25.4 Å². The van der Waals surface area contributed by atoms with Gasteiger partial charge in [0, 0.05) is 42.5 Å². The molecule has 31 heavy (non-hydrogen) atoms. The highest BCUT2D eigenvalue weighted by atomic mass is 35.5. The van der Waals surface area contributed by atoms with Gasteiger partial charge in [0.25, 0.3) is 11.8 Å². The summed E-state index contributed by atoms with van der Waals surface area (Å²) in [6.07, 6.45) is 0. The van der Waals surface area contributed by atoms with Crippen molar-refractivity contribution >= 4 is 46.0 Å². The Kier molecular flexibility index (Phi) is 8.74. The van der Waals surface area contributed by atoms with E-state index in [1.165, 1.54) is 0 Å². The van der Waals surface area contributed by atoms with Crippen LogP contribution < -0.4 is 10.6 Å². The second-order valence-electron chi connectivity index (χ2n) is 7.86. The fourth-order valence-corrected chi connectivity index (χ4v) is 3.22. The molecule has 0 spiro atoms. The molecule has 0 unspecified atom stereocenters. The number of fused-ring (bicyclic) bond motifs is 2. The van der Waals surface area contributed by atoms with Crippen molar-refractivity contribution < 1.29 is 9.59 Å². The van der Waals surface area contributed by atoms with E-state index in [1.807, 2.05) is 68.3 Å². The van der Waals surface area contributed by atoms with Crippen molar-refractivity contribution in [2.24, 2.45) is 0 Å². The maximum absolute atomic E-state index is 12.8. The third-order valence-electron chi connectivity index (χ3n) is 4.86. The van der Waals surface area contributed by atoms with E-state index < -0.39 is 0 Å². The van der Waals surface area contributed by atoms with Crippen LogP contribution in [-0.4, -0.2) is 81.0 Å². The summed E-state index contributed by atoms with van der Waals surface area (Å²) in [5.41, 5.74) is 2.32. The van der Waals surface area contributed by atoms with Crippen LogP contribution in [0.4, 0.5) is 0 Å². The quantitative estimate of drug-likeness (QED) is 0.523. The van der Waals surface area contributed by atoms with Gasteiger partial charge in [0.15, 0.2) is 0 Å². The number of nitrogens with one attached hydrogen (secondary N) is 2. The Morgan fingerprint density at radius 2 is 1.39 bits per heavy atom. The maximum Gasteiger partial charge on any atom is 0.253 e. The smallest absolute Gasteiger partial charge is 0.253 e. The first kappa shape index (κ1) is 24.5. The largest absolute Gasteiger partial charge is 0.351 e. The second kappa shape index (κ2) is 11.0. The van der Waals surface area contributed by atoms with Crippen molar-refractivity contribution in [2.45, 2.75) is 0 Å². The zero-order chi connectivity index (χ0) is 21.7. The number of carbonyl (C=O) groups is 2. The predicted molar refractivity (Wildman–Crippen MR) is 128 cm³/mol. The van der Waals surface area contributed by atoms with Gasteiger partial charge < -0.3 is 20.4 Å². The predicted octanol–water partition coefficient (Wildman–Crippen LogP) is 2.39. The maximum atomic E-state index is 12.8. The summed E-state index contributed by atoms with van der Waals surface area (Å²) in [4.78, 5) is 34.4. The number of halogens is 1. The summed E-state index contributed by atoms with van der Waals surface area (Å²) in [5.74, 6) is -0.359. The van der Waals surface area contributed by atoms with Crippen molar-refractivity contribution in [3.8, 4) is 0 Å². The number of rotatable bonds is 8. The summed E-state index contributed by atoms with van der Waals surface area (Å²) < 4.78 is 0. The van der Waals surface area contributed by atoms with Crippen molar-refractivity contribution in [2.75, 3.05) is 54.4 Å². The molecular weight excluding hydrogens is 414 g/mol. The Labute approximate surface area is 189 Å². The first-order valence-corrected chi connectivity index (χ1v) is 10.0. The topological polar surface area (TPSA) is 77.6 Å². The lowest BCUT2D eigenvalue weighted by atomic mass is 10.0. The van der Waals surface area contributed by atoms with Crippen molar-refractivity contribution in [1.29, 1.82) is 0 Å².